The molecule has 0 radical (unpaired) electrons. The Morgan fingerprint density at radius 2 is 1.69 bits per heavy atom. The molecule has 3 aromatic rings. The Morgan fingerprint density at radius 1 is 0.962 bits per heavy atom. The van der Waals surface area contributed by atoms with Crippen molar-refractivity contribution in [1.82, 2.24) is 14.2 Å². The second kappa shape index (κ2) is 7.40. The number of rotatable bonds is 7. The Bertz CT molecular complexity index is 972. The molecular formula is C21H25N3O2. The van der Waals surface area contributed by atoms with Gasteiger partial charge in [-0.25, -0.2) is 0 Å². The topological polar surface area (TPSA) is 45.0 Å². The normalized spacial score (nSPS) is 11.8. The molecule has 0 aliphatic rings. The Kier molecular flexibility index (Phi) is 5.20. The maximum Gasteiger partial charge on any atom is 0.179 e. The molecule has 0 saturated heterocycles. The van der Waals surface area contributed by atoms with Gasteiger partial charge in [0.2, 0.25) is 0 Å². The van der Waals surface area contributed by atoms with Gasteiger partial charge in [-0.15, -0.1) is 0 Å². The Morgan fingerprint density at radius 3 is 2.38 bits per heavy atom. The summed E-state index contributed by atoms with van der Waals surface area (Å²) >= 11 is 0. The van der Waals surface area contributed by atoms with Crippen LogP contribution in [0.25, 0.3) is 16.4 Å². The van der Waals surface area contributed by atoms with Gasteiger partial charge >= 0.3 is 0 Å². The predicted molar refractivity (Wildman–Crippen MR) is 105 cm³/mol. The monoisotopic (exact) mass is 351 g/mol. The molecule has 2 aromatic heterocycles. The van der Waals surface area contributed by atoms with Crippen molar-refractivity contribution in [3.63, 3.8) is 0 Å². The number of carbonyl (C=O) groups excluding carboxylic acids is 2. The molecule has 3 rings (SSSR count). The first-order valence-corrected chi connectivity index (χ1v) is 8.78. The van der Waals surface area contributed by atoms with E-state index in [-0.39, 0.29) is 11.6 Å². The molecule has 26 heavy (non-hydrogen) atoms. The standard InChI is InChI=1S/C21H25N3O2/c1-15(25)16-9-10-19-21(20(26)14-23(4)12-11-22(2)3)17-7-5-6-8-18(17)24(19)13-16/h5-10,13H,11-12,14H2,1-4H3. The summed E-state index contributed by atoms with van der Waals surface area (Å²) in [7, 11) is 6.02. The number of nitrogens with zero attached hydrogens (tertiary/aromatic N) is 3. The van der Waals surface area contributed by atoms with Gasteiger partial charge in [-0.2, -0.15) is 0 Å². The zero-order chi connectivity index (χ0) is 18.8. The van der Waals surface area contributed by atoms with Crippen LogP contribution in [-0.4, -0.2) is 66.5 Å². The largest absolute Gasteiger partial charge is 0.315 e. The molecule has 1 aromatic carbocycles. The molecule has 0 aliphatic heterocycles. The quantitative estimate of drug-likeness (QED) is 0.614. The molecule has 5 heteroatoms. The fourth-order valence-corrected chi connectivity index (χ4v) is 3.21. The highest BCUT2D eigenvalue weighted by Gasteiger charge is 2.19. The van der Waals surface area contributed by atoms with Gasteiger partial charge in [0.25, 0.3) is 0 Å². The fourth-order valence-electron chi connectivity index (χ4n) is 3.21. The van der Waals surface area contributed by atoms with Gasteiger partial charge in [0.15, 0.2) is 11.6 Å². The zero-order valence-corrected chi connectivity index (χ0v) is 15.8. The summed E-state index contributed by atoms with van der Waals surface area (Å²) in [4.78, 5) is 29.0. The number of hydrogen-bond donors (Lipinski definition) is 0. The van der Waals surface area contributed by atoms with E-state index >= 15 is 0 Å². The molecular weight excluding hydrogens is 326 g/mol. The number of benzene rings is 1. The predicted octanol–water partition coefficient (Wildman–Crippen LogP) is 2.97. The van der Waals surface area contributed by atoms with E-state index in [0.29, 0.717) is 12.1 Å². The summed E-state index contributed by atoms with van der Waals surface area (Å²) in [6.07, 6.45) is 1.83. The average molecular weight is 351 g/mol. The number of aromatic nitrogens is 1. The minimum absolute atomic E-state index is 0.0148. The van der Waals surface area contributed by atoms with Crippen molar-refractivity contribution in [2.75, 3.05) is 40.8 Å². The molecule has 5 nitrogen and oxygen atoms in total. The Balaban J connectivity index is 2.04. The van der Waals surface area contributed by atoms with Crippen LogP contribution in [0.5, 0.6) is 0 Å². The molecule has 0 aliphatic carbocycles. The van der Waals surface area contributed by atoms with Crippen LogP contribution in [0.1, 0.15) is 27.6 Å². The number of ketones is 2. The van der Waals surface area contributed by atoms with Gasteiger partial charge < -0.3 is 9.30 Å². The zero-order valence-electron chi connectivity index (χ0n) is 15.8. The summed E-state index contributed by atoms with van der Waals surface area (Å²) < 4.78 is 1.96. The maximum atomic E-state index is 13.1. The van der Waals surface area contributed by atoms with Gasteiger partial charge in [-0.3, -0.25) is 14.5 Å². The number of likely N-dealkylation sites (N-methyl/N-ethyl adjacent to an activating group) is 2. The van der Waals surface area contributed by atoms with E-state index in [2.05, 4.69) is 4.90 Å². The van der Waals surface area contributed by atoms with Crippen molar-refractivity contribution < 1.29 is 9.59 Å². The van der Waals surface area contributed by atoms with Gasteiger partial charge in [0.05, 0.1) is 23.1 Å². The third-order valence-corrected chi connectivity index (χ3v) is 4.67. The second-order valence-corrected chi connectivity index (χ2v) is 7.09. The fraction of sp³-hybridized carbons (Fsp3) is 0.333. The van der Waals surface area contributed by atoms with Crippen LogP contribution >= 0.6 is 0 Å². The van der Waals surface area contributed by atoms with Crippen molar-refractivity contribution >= 4 is 28.0 Å². The lowest BCUT2D eigenvalue weighted by Gasteiger charge is -2.18. The first kappa shape index (κ1) is 18.3. The van der Waals surface area contributed by atoms with Gasteiger partial charge in [-0.1, -0.05) is 18.2 Å². The highest BCUT2D eigenvalue weighted by molar-refractivity contribution is 6.15. The van der Waals surface area contributed by atoms with Crippen molar-refractivity contribution in [3.05, 3.63) is 53.7 Å². The van der Waals surface area contributed by atoms with Crippen molar-refractivity contribution in [1.29, 1.82) is 0 Å². The minimum atomic E-state index is 0.0148. The van der Waals surface area contributed by atoms with Crippen LogP contribution < -0.4 is 0 Å². The molecule has 0 amide bonds. The SMILES string of the molecule is CC(=O)c1ccc2c(C(=O)CN(C)CCN(C)C)c3ccccc3n2c1. The van der Waals surface area contributed by atoms with E-state index in [1.54, 1.807) is 13.0 Å². The number of para-hydroxylation sites is 1. The highest BCUT2D eigenvalue weighted by Crippen LogP contribution is 2.28. The van der Waals surface area contributed by atoms with Crippen LogP contribution in [0.4, 0.5) is 0 Å². The summed E-state index contributed by atoms with van der Waals surface area (Å²) in [5, 5.41) is 0.930. The van der Waals surface area contributed by atoms with E-state index < -0.39 is 0 Å². The number of pyridine rings is 1. The summed E-state index contributed by atoms with van der Waals surface area (Å²) in [5.74, 6) is 0.113. The van der Waals surface area contributed by atoms with E-state index in [1.807, 2.05) is 67.0 Å². The molecule has 0 saturated carbocycles. The van der Waals surface area contributed by atoms with Crippen LogP contribution in [0.15, 0.2) is 42.6 Å². The summed E-state index contributed by atoms with van der Waals surface area (Å²) in [5.41, 5.74) is 3.17. The molecule has 0 N–H and O–H groups in total. The maximum absolute atomic E-state index is 13.1. The van der Waals surface area contributed by atoms with Crippen molar-refractivity contribution in [2.45, 2.75) is 6.92 Å². The Labute approximate surface area is 153 Å². The molecule has 0 unspecified atom stereocenters. The molecule has 0 fully saturated rings. The van der Waals surface area contributed by atoms with Crippen LogP contribution in [-0.2, 0) is 0 Å². The smallest absolute Gasteiger partial charge is 0.179 e. The number of hydrogen-bond acceptors (Lipinski definition) is 4. The van der Waals surface area contributed by atoms with E-state index in [4.69, 9.17) is 0 Å². The molecule has 136 valence electrons. The lowest BCUT2D eigenvalue weighted by Crippen LogP contribution is -2.32. The minimum Gasteiger partial charge on any atom is -0.315 e. The van der Waals surface area contributed by atoms with Gasteiger partial charge in [0.1, 0.15) is 0 Å². The van der Waals surface area contributed by atoms with E-state index in [1.165, 1.54) is 0 Å². The lowest BCUT2D eigenvalue weighted by atomic mass is 10.1. The van der Waals surface area contributed by atoms with E-state index in [0.717, 1.165) is 35.1 Å². The van der Waals surface area contributed by atoms with E-state index in [9.17, 15) is 9.59 Å². The third kappa shape index (κ3) is 3.54. The van der Waals surface area contributed by atoms with Gasteiger partial charge in [-0.05, 0) is 46.3 Å². The van der Waals surface area contributed by atoms with Crippen molar-refractivity contribution in [2.24, 2.45) is 0 Å². The van der Waals surface area contributed by atoms with Crippen LogP contribution in [0.3, 0.4) is 0 Å². The highest BCUT2D eigenvalue weighted by atomic mass is 16.1. The van der Waals surface area contributed by atoms with Crippen LogP contribution in [0, 0.1) is 0 Å². The second-order valence-electron chi connectivity index (χ2n) is 7.09. The molecule has 2 heterocycles. The first-order valence-electron chi connectivity index (χ1n) is 8.78. The Hall–Kier alpha value is -2.50. The lowest BCUT2D eigenvalue weighted by molar-refractivity contribution is 0.0945. The first-order chi connectivity index (χ1) is 12.4. The summed E-state index contributed by atoms with van der Waals surface area (Å²) in [6.45, 7) is 3.66. The number of carbonyl (C=O) groups is 2. The van der Waals surface area contributed by atoms with Crippen molar-refractivity contribution in [3.8, 4) is 0 Å². The molecule has 0 bridgehead atoms. The van der Waals surface area contributed by atoms with Crippen LogP contribution in [0.2, 0.25) is 0 Å². The average Bonchev–Trinajstić information content (AvgIpc) is 2.93. The van der Waals surface area contributed by atoms with Gasteiger partial charge in [0, 0.05) is 30.2 Å². The third-order valence-electron chi connectivity index (χ3n) is 4.67. The molecule has 0 atom stereocenters. The number of Topliss-reactive ketones (excluding diaryl/α,β-unsaturated/α-hetero) is 2. The number of fused-ring (bicyclic) bond motifs is 3. The summed E-state index contributed by atoms with van der Waals surface area (Å²) in [6, 6.07) is 11.5. The molecule has 0 spiro atoms.